The summed E-state index contributed by atoms with van der Waals surface area (Å²) in [4.78, 5) is 4.60. The average Bonchev–Trinajstić information content (AvgIpc) is 2.63. The molecule has 2 aromatic carbocycles. The normalized spacial score (nSPS) is 31.7. The van der Waals surface area contributed by atoms with Crippen LogP contribution in [0.4, 0.5) is 5.69 Å². The maximum Gasteiger partial charge on any atom is 0.137 e. The molecule has 4 saturated carbocycles. The zero-order valence-corrected chi connectivity index (χ0v) is 18.9. The predicted molar refractivity (Wildman–Crippen MR) is 122 cm³/mol. The van der Waals surface area contributed by atoms with E-state index in [9.17, 15) is 5.11 Å². The summed E-state index contributed by atoms with van der Waals surface area (Å²) < 4.78 is 1.77. The summed E-state index contributed by atoms with van der Waals surface area (Å²) in [5.74, 6) is 3.19. The Hall–Kier alpha value is -0.880. The van der Waals surface area contributed by atoms with Crippen molar-refractivity contribution in [3.05, 3.63) is 55.6 Å². The third kappa shape index (κ3) is 3.37. The molecule has 27 heavy (non-hydrogen) atoms. The van der Waals surface area contributed by atoms with Crippen LogP contribution in [0, 0.1) is 21.3 Å². The van der Waals surface area contributed by atoms with Crippen LogP contribution in [0.25, 0.3) is 0 Å². The Morgan fingerprint density at radius 3 is 2.19 bits per heavy atom. The number of rotatable bonds is 3. The zero-order valence-electron chi connectivity index (χ0n) is 15.2. The largest absolute Gasteiger partial charge is 0.506 e. The summed E-state index contributed by atoms with van der Waals surface area (Å²) in [5, 5.41) is 10.2. The summed E-state index contributed by atoms with van der Waals surface area (Å²) in [6, 6.07) is 12.7. The first-order chi connectivity index (χ1) is 13.0. The van der Waals surface area contributed by atoms with E-state index in [0.717, 1.165) is 37.0 Å². The summed E-state index contributed by atoms with van der Waals surface area (Å²) in [6.45, 7) is 0. The molecule has 0 atom stereocenters. The minimum atomic E-state index is 0.285. The molecule has 6 rings (SSSR count). The summed E-state index contributed by atoms with van der Waals surface area (Å²) >= 11 is 5.62. The van der Waals surface area contributed by atoms with Crippen molar-refractivity contribution in [1.82, 2.24) is 0 Å². The lowest BCUT2D eigenvalue weighted by molar-refractivity contribution is -0.00518. The van der Waals surface area contributed by atoms with Gasteiger partial charge in [-0.1, -0.05) is 28.1 Å². The van der Waals surface area contributed by atoms with Gasteiger partial charge in [-0.2, -0.15) is 0 Å². The van der Waals surface area contributed by atoms with E-state index in [1.54, 1.807) is 6.21 Å². The van der Waals surface area contributed by atoms with Gasteiger partial charge in [0.05, 0.1) is 9.26 Å². The summed E-state index contributed by atoms with van der Waals surface area (Å²) in [7, 11) is 0. The highest BCUT2D eigenvalue weighted by molar-refractivity contribution is 14.1. The third-order valence-corrected chi connectivity index (χ3v) is 8.21. The molecule has 0 radical (unpaired) electrons. The Morgan fingerprint density at radius 2 is 1.59 bits per heavy atom. The van der Waals surface area contributed by atoms with Gasteiger partial charge >= 0.3 is 0 Å². The van der Waals surface area contributed by atoms with Gasteiger partial charge in [0, 0.05) is 16.3 Å². The Bertz CT molecular complexity index is 870. The minimum absolute atomic E-state index is 0.285. The third-order valence-electron chi connectivity index (χ3n) is 6.93. The van der Waals surface area contributed by atoms with E-state index in [-0.39, 0.29) is 5.75 Å². The smallest absolute Gasteiger partial charge is 0.137 e. The molecule has 1 N–H and O–H groups in total. The molecule has 0 amide bonds. The molecule has 4 aliphatic carbocycles. The van der Waals surface area contributed by atoms with Crippen molar-refractivity contribution in [3.8, 4) is 5.75 Å². The average molecular weight is 536 g/mol. The van der Waals surface area contributed by atoms with Crippen molar-refractivity contribution >= 4 is 50.4 Å². The van der Waals surface area contributed by atoms with Crippen LogP contribution in [-0.2, 0) is 5.41 Å². The van der Waals surface area contributed by atoms with Crippen LogP contribution in [-0.4, -0.2) is 11.3 Å². The Labute approximate surface area is 182 Å². The van der Waals surface area contributed by atoms with Crippen molar-refractivity contribution in [1.29, 1.82) is 0 Å². The van der Waals surface area contributed by atoms with E-state index in [1.807, 2.05) is 12.1 Å². The number of halogens is 2. The molecule has 0 unspecified atom stereocenters. The number of nitrogens with zero attached hydrogens (tertiary/aromatic N) is 1. The highest BCUT2D eigenvalue weighted by atomic mass is 127. The van der Waals surface area contributed by atoms with Crippen LogP contribution < -0.4 is 0 Å². The lowest BCUT2D eigenvalue weighted by atomic mass is 9.48. The van der Waals surface area contributed by atoms with Gasteiger partial charge in [-0.3, -0.25) is 4.99 Å². The fraction of sp³-hybridized carbons (Fsp3) is 0.435. The van der Waals surface area contributed by atoms with Gasteiger partial charge in [0.15, 0.2) is 0 Å². The highest BCUT2D eigenvalue weighted by Crippen LogP contribution is 2.60. The Balaban J connectivity index is 1.38. The predicted octanol–water partition coefficient (Wildman–Crippen LogP) is 6.98. The van der Waals surface area contributed by atoms with E-state index in [1.165, 1.54) is 44.1 Å². The molecule has 0 saturated heterocycles. The second-order valence-corrected chi connectivity index (χ2v) is 10.9. The van der Waals surface area contributed by atoms with Gasteiger partial charge in [-0.25, -0.2) is 0 Å². The fourth-order valence-electron chi connectivity index (χ4n) is 6.19. The molecule has 140 valence electrons. The molecule has 4 fully saturated rings. The molecule has 0 heterocycles. The van der Waals surface area contributed by atoms with Crippen LogP contribution in [0.1, 0.15) is 49.7 Å². The van der Waals surface area contributed by atoms with E-state index in [2.05, 4.69) is 67.8 Å². The second-order valence-electron chi connectivity index (χ2n) is 8.83. The number of phenols is 1. The minimum Gasteiger partial charge on any atom is -0.506 e. The molecule has 0 aliphatic heterocycles. The van der Waals surface area contributed by atoms with Crippen LogP contribution in [0.5, 0.6) is 5.75 Å². The highest BCUT2D eigenvalue weighted by Gasteiger charge is 2.51. The lowest BCUT2D eigenvalue weighted by Crippen LogP contribution is -2.48. The van der Waals surface area contributed by atoms with Crippen molar-refractivity contribution in [2.24, 2.45) is 22.7 Å². The number of hydrogen-bond acceptors (Lipinski definition) is 2. The van der Waals surface area contributed by atoms with E-state index < -0.39 is 0 Å². The van der Waals surface area contributed by atoms with Crippen molar-refractivity contribution in [2.45, 2.75) is 43.9 Å². The van der Waals surface area contributed by atoms with Crippen LogP contribution >= 0.6 is 38.5 Å². The molecule has 4 aliphatic rings. The zero-order chi connectivity index (χ0) is 18.6. The SMILES string of the molecule is Oc1c(I)cc(Br)cc1C=Nc1ccc(C23CC4CC(CC(C4)C2)C3)cc1. The maximum atomic E-state index is 10.2. The first kappa shape index (κ1) is 18.2. The van der Waals surface area contributed by atoms with Crippen molar-refractivity contribution in [3.63, 3.8) is 0 Å². The van der Waals surface area contributed by atoms with Crippen molar-refractivity contribution < 1.29 is 5.11 Å². The van der Waals surface area contributed by atoms with Crippen molar-refractivity contribution in [2.75, 3.05) is 0 Å². The Kier molecular flexibility index (Phi) is 4.62. The topological polar surface area (TPSA) is 32.6 Å². The van der Waals surface area contributed by atoms with Gasteiger partial charge in [0.25, 0.3) is 0 Å². The molecule has 2 nitrogen and oxygen atoms in total. The summed E-state index contributed by atoms with van der Waals surface area (Å²) in [5.41, 5.74) is 3.65. The summed E-state index contributed by atoms with van der Waals surface area (Å²) in [6.07, 6.45) is 10.4. The standard InChI is InChI=1S/C23H23BrINO/c24-19-8-17(22(27)21(25)9-19)13-26-20-3-1-18(2-4-20)23-10-14-5-15(11-23)7-16(6-14)12-23/h1-4,8-9,13-16,27H,5-7,10-12H2. The molecular formula is C23H23BrINO. The molecule has 4 heteroatoms. The van der Waals surface area contributed by atoms with E-state index in [4.69, 9.17) is 0 Å². The fourth-order valence-corrected chi connectivity index (χ4v) is 7.74. The first-order valence-corrected chi connectivity index (χ1v) is 11.7. The number of phenolic OH excluding ortho intramolecular Hbond substituents is 1. The number of benzene rings is 2. The van der Waals surface area contributed by atoms with Crippen LogP contribution in [0.2, 0.25) is 0 Å². The van der Waals surface area contributed by atoms with Gasteiger partial charge in [-0.15, -0.1) is 0 Å². The molecule has 4 bridgehead atoms. The van der Waals surface area contributed by atoms with Gasteiger partial charge in [0.1, 0.15) is 5.75 Å². The van der Waals surface area contributed by atoms with E-state index in [0.29, 0.717) is 5.41 Å². The maximum absolute atomic E-state index is 10.2. The Morgan fingerprint density at radius 1 is 1.00 bits per heavy atom. The molecule has 0 aromatic heterocycles. The number of aliphatic imine (C=N–C) groups is 1. The quantitative estimate of drug-likeness (QED) is 0.334. The lowest BCUT2D eigenvalue weighted by Gasteiger charge is -2.57. The van der Waals surface area contributed by atoms with Gasteiger partial charge < -0.3 is 5.11 Å². The number of aromatic hydroxyl groups is 1. The molecular weight excluding hydrogens is 513 g/mol. The molecule has 0 spiro atoms. The van der Waals surface area contributed by atoms with Crippen LogP contribution in [0.3, 0.4) is 0 Å². The first-order valence-electron chi connectivity index (χ1n) is 9.83. The van der Waals surface area contributed by atoms with Gasteiger partial charge in [-0.05, 0) is 114 Å². The monoisotopic (exact) mass is 535 g/mol. The van der Waals surface area contributed by atoms with Crippen LogP contribution in [0.15, 0.2) is 45.9 Å². The van der Waals surface area contributed by atoms with E-state index >= 15 is 0 Å². The van der Waals surface area contributed by atoms with Gasteiger partial charge in [0.2, 0.25) is 0 Å². The second kappa shape index (κ2) is 6.87. The molecule has 2 aromatic rings. The number of hydrogen-bond donors (Lipinski definition) is 1.